The number of likely N-dealkylation sites (tertiary alicyclic amines) is 1. The molecule has 0 saturated carbocycles. The lowest BCUT2D eigenvalue weighted by atomic mass is 10.0. The Balaban J connectivity index is 1.76. The van der Waals surface area contributed by atoms with Crippen LogP contribution in [0.3, 0.4) is 0 Å². The first-order valence-electron chi connectivity index (χ1n) is 6.17. The van der Waals surface area contributed by atoms with Crippen LogP contribution in [0.25, 0.3) is 11.3 Å². The summed E-state index contributed by atoms with van der Waals surface area (Å²) in [6.07, 6.45) is 0. The molecule has 0 spiro atoms. The third-order valence-electron chi connectivity index (χ3n) is 3.30. The van der Waals surface area contributed by atoms with E-state index < -0.39 is 0 Å². The van der Waals surface area contributed by atoms with Crippen molar-refractivity contribution in [1.82, 2.24) is 15.1 Å². The molecule has 0 atom stereocenters. The van der Waals surface area contributed by atoms with E-state index in [0.29, 0.717) is 18.8 Å². The average Bonchev–Trinajstić information content (AvgIpc) is 2.88. The minimum atomic E-state index is -0.104. The molecule has 2 heterocycles. The van der Waals surface area contributed by atoms with Gasteiger partial charge in [0.1, 0.15) is 5.69 Å². The van der Waals surface area contributed by atoms with Crippen LogP contribution in [0.15, 0.2) is 34.8 Å². The van der Waals surface area contributed by atoms with E-state index in [2.05, 4.69) is 32.2 Å². The van der Waals surface area contributed by atoms with Crippen LogP contribution in [0.2, 0.25) is 0 Å². The molecule has 1 aromatic carbocycles. The van der Waals surface area contributed by atoms with Gasteiger partial charge in [0.05, 0.1) is 17.7 Å². The minimum Gasteiger partial charge on any atom is -0.335 e. The Bertz CT molecular complexity index is 680. The lowest BCUT2D eigenvalue weighted by Gasteiger charge is -2.34. The van der Waals surface area contributed by atoms with Crippen LogP contribution in [-0.2, 0) is 0 Å². The summed E-state index contributed by atoms with van der Waals surface area (Å²) in [6.45, 7) is 1.00. The van der Waals surface area contributed by atoms with Gasteiger partial charge in [-0.3, -0.25) is 9.89 Å². The van der Waals surface area contributed by atoms with Gasteiger partial charge in [-0.05, 0) is 18.2 Å². The highest BCUT2D eigenvalue weighted by Gasteiger charge is 2.31. The molecule has 5 nitrogen and oxygen atoms in total. The Morgan fingerprint density at radius 2 is 2.10 bits per heavy atom. The first-order chi connectivity index (χ1) is 9.67. The molecule has 0 bridgehead atoms. The van der Waals surface area contributed by atoms with E-state index in [0.717, 1.165) is 15.7 Å². The fraction of sp³-hybridized carbons (Fsp3) is 0.214. The number of hydrogen-bond acceptors (Lipinski definition) is 3. The van der Waals surface area contributed by atoms with Gasteiger partial charge in [-0.15, -0.1) is 0 Å². The Morgan fingerprint density at radius 3 is 2.75 bits per heavy atom. The van der Waals surface area contributed by atoms with Crippen LogP contribution in [-0.4, -0.2) is 34.1 Å². The van der Waals surface area contributed by atoms with Crippen molar-refractivity contribution in [2.45, 2.75) is 0 Å². The van der Waals surface area contributed by atoms with Gasteiger partial charge in [0.15, 0.2) is 0 Å². The van der Waals surface area contributed by atoms with Gasteiger partial charge in [0.2, 0.25) is 0 Å². The molecule has 1 aromatic heterocycles. The lowest BCUT2D eigenvalue weighted by molar-refractivity contribution is 0.0571. The lowest BCUT2D eigenvalue weighted by Crippen LogP contribution is -2.49. The number of carbonyl (C=O) groups is 1. The minimum absolute atomic E-state index is 0.0344. The van der Waals surface area contributed by atoms with Crippen molar-refractivity contribution in [1.29, 1.82) is 5.26 Å². The van der Waals surface area contributed by atoms with Crippen molar-refractivity contribution in [3.63, 3.8) is 0 Å². The van der Waals surface area contributed by atoms with E-state index in [1.807, 2.05) is 24.3 Å². The predicted molar refractivity (Wildman–Crippen MR) is 76.7 cm³/mol. The smallest absolute Gasteiger partial charge is 0.271 e. The zero-order valence-electron chi connectivity index (χ0n) is 10.5. The van der Waals surface area contributed by atoms with E-state index in [1.54, 1.807) is 11.0 Å². The first kappa shape index (κ1) is 12.9. The largest absolute Gasteiger partial charge is 0.335 e. The maximum atomic E-state index is 12.1. The molecule has 3 rings (SSSR count). The molecule has 1 saturated heterocycles. The normalized spacial score (nSPS) is 14.7. The summed E-state index contributed by atoms with van der Waals surface area (Å²) in [5, 5.41) is 15.6. The Morgan fingerprint density at radius 1 is 1.40 bits per heavy atom. The van der Waals surface area contributed by atoms with Gasteiger partial charge in [-0.2, -0.15) is 10.4 Å². The summed E-state index contributed by atoms with van der Waals surface area (Å²) in [5.74, 6) is -0.139. The quantitative estimate of drug-likeness (QED) is 0.919. The predicted octanol–water partition coefficient (Wildman–Crippen LogP) is 2.43. The maximum Gasteiger partial charge on any atom is 0.271 e. The highest BCUT2D eigenvalue weighted by Crippen LogP contribution is 2.22. The molecule has 1 aliphatic heterocycles. The van der Waals surface area contributed by atoms with Gasteiger partial charge in [0.25, 0.3) is 5.91 Å². The molecular formula is C14H11BrN4O. The summed E-state index contributed by atoms with van der Waals surface area (Å²) in [5.41, 5.74) is 2.14. The number of amides is 1. The number of aromatic nitrogens is 2. The molecule has 0 aliphatic carbocycles. The van der Waals surface area contributed by atoms with Gasteiger partial charge < -0.3 is 4.90 Å². The molecule has 1 N–H and O–H groups in total. The molecule has 6 heteroatoms. The van der Waals surface area contributed by atoms with Crippen molar-refractivity contribution >= 4 is 21.8 Å². The Hall–Kier alpha value is -2.13. The monoisotopic (exact) mass is 330 g/mol. The molecule has 20 heavy (non-hydrogen) atoms. The summed E-state index contributed by atoms with van der Waals surface area (Å²) in [7, 11) is 0. The number of nitriles is 1. The van der Waals surface area contributed by atoms with Gasteiger partial charge in [-0.1, -0.05) is 28.1 Å². The fourth-order valence-electron chi connectivity index (χ4n) is 2.10. The van der Waals surface area contributed by atoms with Crippen LogP contribution in [0, 0.1) is 17.2 Å². The van der Waals surface area contributed by atoms with Crippen molar-refractivity contribution in [3.8, 4) is 17.3 Å². The maximum absolute atomic E-state index is 12.1. The topological polar surface area (TPSA) is 72.8 Å². The van der Waals surface area contributed by atoms with Gasteiger partial charge in [-0.25, -0.2) is 0 Å². The second-order valence-electron chi connectivity index (χ2n) is 4.71. The number of halogens is 1. The molecule has 0 unspecified atom stereocenters. The number of rotatable bonds is 2. The molecular weight excluding hydrogens is 320 g/mol. The third kappa shape index (κ3) is 2.32. The standard InChI is InChI=1S/C14H11BrN4O/c15-11-3-1-10(2-4-11)12-5-13(18-17-12)14(20)19-7-9(6-16)8-19/h1-5,9H,7-8H2,(H,17,18). The van der Waals surface area contributed by atoms with Crippen LogP contribution in [0.1, 0.15) is 10.5 Å². The van der Waals surface area contributed by atoms with E-state index in [9.17, 15) is 4.79 Å². The van der Waals surface area contributed by atoms with E-state index in [4.69, 9.17) is 5.26 Å². The highest BCUT2D eigenvalue weighted by atomic mass is 79.9. The van der Waals surface area contributed by atoms with Crippen molar-refractivity contribution < 1.29 is 4.79 Å². The van der Waals surface area contributed by atoms with Crippen LogP contribution >= 0.6 is 15.9 Å². The van der Waals surface area contributed by atoms with Crippen LogP contribution < -0.4 is 0 Å². The summed E-state index contributed by atoms with van der Waals surface area (Å²) in [4.78, 5) is 13.8. The molecule has 2 aromatic rings. The SMILES string of the molecule is N#CC1CN(C(=O)c2cc(-c3ccc(Br)cc3)n[nH]2)C1. The number of H-pyrrole nitrogens is 1. The number of nitrogens with one attached hydrogen (secondary N) is 1. The second-order valence-corrected chi connectivity index (χ2v) is 5.63. The number of carbonyl (C=O) groups excluding carboxylic acids is 1. The molecule has 1 aliphatic rings. The molecule has 100 valence electrons. The fourth-order valence-corrected chi connectivity index (χ4v) is 2.36. The molecule has 1 amide bonds. The van der Waals surface area contributed by atoms with Crippen molar-refractivity contribution in [3.05, 3.63) is 40.5 Å². The Kier molecular flexibility index (Phi) is 3.28. The van der Waals surface area contributed by atoms with E-state index in [-0.39, 0.29) is 11.8 Å². The van der Waals surface area contributed by atoms with Crippen LogP contribution in [0.5, 0.6) is 0 Å². The summed E-state index contributed by atoms with van der Waals surface area (Å²) < 4.78 is 0.996. The number of benzene rings is 1. The summed E-state index contributed by atoms with van der Waals surface area (Å²) in [6, 6.07) is 11.6. The third-order valence-corrected chi connectivity index (χ3v) is 3.83. The Labute approximate surface area is 124 Å². The first-order valence-corrected chi connectivity index (χ1v) is 6.97. The second kappa shape index (κ2) is 5.10. The number of aromatic amines is 1. The van der Waals surface area contributed by atoms with Gasteiger partial charge >= 0.3 is 0 Å². The summed E-state index contributed by atoms with van der Waals surface area (Å²) >= 11 is 3.38. The van der Waals surface area contributed by atoms with Crippen LogP contribution in [0.4, 0.5) is 0 Å². The zero-order valence-corrected chi connectivity index (χ0v) is 12.1. The molecule has 0 radical (unpaired) electrons. The van der Waals surface area contributed by atoms with E-state index in [1.165, 1.54) is 0 Å². The zero-order chi connectivity index (χ0) is 14.1. The van der Waals surface area contributed by atoms with Crippen molar-refractivity contribution in [2.75, 3.05) is 13.1 Å². The van der Waals surface area contributed by atoms with Crippen molar-refractivity contribution in [2.24, 2.45) is 5.92 Å². The van der Waals surface area contributed by atoms with Gasteiger partial charge in [0, 0.05) is 23.1 Å². The average molecular weight is 331 g/mol. The number of nitrogens with zero attached hydrogens (tertiary/aromatic N) is 3. The number of hydrogen-bond donors (Lipinski definition) is 1. The highest BCUT2D eigenvalue weighted by molar-refractivity contribution is 9.10. The molecule has 1 fully saturated rings. The van der Waals surface area contributed by atoms with E-state index >= 15 is 0 Å².